The van der Waals surface area contributed by atoms with Gasteiger partial charge in [0.1, 0.15) is 28.2 Å². The molecule has 4 rings (SSSR count). The number of nitrogens with zero attached hydrogens (tertiary/aromatic N) is 3. The maximum Gasteiger partial charge on any atom is 0.243 e. The number of aliphatic hydroxyl groups is 1. The maximum absolute atomic E-state index is 13.1. The van der Waals surface area contributed by atoms with Gasteiger partial charge in [0.15, 0.2) is 5.76 Å². The molecule has 1 aromatic carbocycles. The number of nitrogens with one attached hydrogen (secondary N) is 1. The van der Waals surface area contributed by atoms with Crippen LogP contribution in [0.3, 0.4) is 0 Å². The molecule has 172 valence electrons. The fraction of sp³-hybridized carbons (Fsp3) is 0.400. The van der Waals surface area contributed by atoms with E-state index in [1.165, 1.54) is 18.8 Å². The third-order valence-corrected chi connectivity index (χ3v) is 6.87. The van der Waals surface area contributed by atoms with E-state index in [1.807, 2.05) is 0 Å². The first-order chi connectivity index (χ1) is 15.4. The lowest BCUT2D eigenvalue weighted by Gasteiger charge is -2.27. The van der Waals surface area contributed by atoms with Crippen LogP contribution < -0.4 is 14.2 Å². The number of hydrogen-bond acceptors (Lipinski definition) is 9. The number of aryl methyl sites for hydroxylation is 1. The van der Waals surface area contributed by atoms with Crippen LogP contribution in [-0.2, 0) is 14.8 Å². The topological polar surface area (TPSA) is 138 Å². The Morgan fingerprint density at radius 2 is 1.88 bits per heavy atom. The number of aliphatic hydroxyl groups excluding tert-OH is 1. The van der Waals surface area contributed by atoms with Gasteiger partial charge in [-0.2, -0.15) is 0 Å². The van der Waals surface area contributed by atoms with E-state index in [-0.39, 0.29) is 24.8 Å². The van der Waals surface area contributed by atoms with E-state index in [4.69, 9.17) is 18.6 Å². The number of ether oxygens (including phenoxy) is 3. The lowest BCUT2D eigenvalue weighted by molar-refractivity contribution is 0.0177. The molecule has 0 aliphatic carbocycles. The molecule has 11 nitrogen and oxygen atoms in total. The molecule has 1 aliphatic heterocycles. The zero-order chi connectivity index (χ0) is 22.9. The summed E-state index contributed by atoms with van der Waals surface area (Å²) >= 11 is 0. The number of rotatable bonds is 7. The zero-order valence-electron chi connectivity index (χ0n) is 17.8. The van der Waals surface area contributed by atoms with Gasteiger partial charge in [-0.25, -0.2) is 8.42 Å². The smallest absolute Gasteiger partial charge is 0.243 e. The lowest BCUT2D eigenvalue weighted by Crippen LogP contribution is -2.45. The number of para-hydroxylation sites is 1. The molecule has 0 spiro atoms. The second kappa shape index (κ2) is 8.81. The Kier molecular flexibility index (Phi) is 6.09. The van der Waals surface area contributed by atoms with Gasteiger partial charge in [0.2, 0.25) is 21.8 Å². The van der Waals surface area contributed by atoms with E-state index in [0.717, 1.165) is 0 Å². The van der Waals surface area contributed by atoms with Crippen LogP contribution in [0, 0.1) is 6.92 Å². The van der Waals surface area contributed by atoms with Crippen LogP contribution in [0.25, 0.3) is 17.3 Å². The van der Waals surface area contributed by atoms with Crippen molar-refractivity contribution in [2.24, 2.45) is 0 Å². The van der Waals surface area contributed by atoms with Gasteiger partial charge < -0.3 is 23.7 Å². The molecule has 3 aromatic rings. The highest BCUT2D eigenvalue weighted by Crippen LogP contribution is 2.38. The zero-order valence-corrected chi connectivity index (χ0v) is 18.6. The summed E-state index contributed by atoms with van der Waals surface area (Å²) in [5, 5.41) is 17.3. The quantitative estimate of drug-likeness (QED) is 0.535. The molecule has 0 unspecified atom stereocenters. The molecule has 2 atom stereocenters. The van der Waals surface area contributed by atoms with E-state index in [0.29, 0.717) is 35.3 Å². The summed E-state index contributed by atoms with van der Waals surface area (Å²) < 4.78 is 52.1. The summed E-state index contributed by atoms with van der Waals surface area (Å²) in [4.78, 5) is 0. The van der Waals surface area contributed by atoms with Crippen LogP contribution in [0.5, 0.6) is 11.5 Å². The molecular formula is C20H24N4O7S. The van der Waals surface area contributed by atoms with Crippen molar-refractivity contribution in [2.45, 2.75) is 24.7 Å². The van der Waals surface area contributed by atoms with E-state index < -0.39 is 21.4 Å². The third kappa shape index (κ3) is 4.04. The van der Waals surface area contributed by atoms with Crippen LogP contribution in [0.1, 0.15) is 12.2 Å². The van der Waals surface area contributed by atoms with Gasteiger partial charge in [0.05, 0.1) is 26.9 Å². The van der Waals surface area contributed by atoms with Gasteiger partial charge in [-0.1, -0.05) is 6.07 Å². The molecule has 2 N–H and O–H groups in total. The molecule has 0 bridgehead atoms. The lowest BCUT2D eigenvalue weighted by atomic mass is 10.1. The van der Waals surface area contributed by atoms with E-state index in [2.05, 4.69) is 14.9 Å². The number of benzene rings is 1. The normalized spacial score (nSPS) is 19.0. The van der Waals surface area contributed by atoms with Crippen molar-refractivity contribution in [1.29, 1.82) is 0 Å². The van der Waals surface area contributed by atoms with Gasteiger partial charge in [0, 0.05) is 6.61 Å². The summed E-state index contributed by atoms with van der Waals surface area (Å²) in [7, 11) is -1.11. The SMILES string of the molecule is COc1cccc(OC)c1-n1c(NS(=O)(=O)[C@@H]2COCC[C@H]2O)nnc1-c1ccc(C)o1. The number of furan rings is 1. The van der Waals surface area contributed by atoms with Crippen molar-refractivity contribution >= 4 is 16.0 Å². The average molecular weight is 465 g/mol. The predicted octanol–water partition coefficient (Wildman–Crippen LogP) is 1.74. The van der Waals surface area contributed by atoms with Gasteiger partial charge in [-0.3, -0.25) is 9.29 Å². The van der Waals surface area contributed by atoms with E-state index >= 15 is 0 Å². The Morgan fingerprint density at radius 3 is 2.47 bits per heavy atom. The Bertz CT molecular complexity index is 1180. The summed E-state index contributed by atoms with van der Waals surface area (Å²) in [5.41, 5.74) is 0.379. The van der Waals surface area contributed by atoms with E-state index in [1.54, 1.807) is 37.3 Å². The van der Waals surface area contributed by atoms with Crippen LogP contribution in [0.15, 0.2) is 34.7 Å². The molecule has 12 heteroatoms. The average Bonchev–Trinajstić information content (AvgIpc) is 3.38. The highest BCUT2D eigenvalue weighted by Gasteiger charge is 2.37. The van der Waals surface area contributed by atoms with E-state index in [9.17, 15) is 13.5 Å². The van der Waals surface area contributed by atoms with Crippen LogP contribution in [0.2, 0.25) is 0 Å². The second-order valence-corrected chi connectivity index (χ2v) is 9.12. The first-order valence-corrected chi connectivity index (χ1v) is 11.4. The van der Waals surface area contributed by atoms with Crippen molar-refractivity contribution in [2.75, 3.05) is 32.2 Å². The first kappa shape index (κ1) is 22.1. The predicted molar refractivity (Wildman–Crippen MR) is 115 cm³/mol. The summed E-state index contributed by atoms with van der Waals surface area (Å²) in [5.74, 6) is 1.93. The van der Waals surface area contributed by atoms with Crippen molar-refractivity contribution in [3.05, 3.63) is 36.1 Å². The summed E-state index contributed by atoms with van der Waals surface area (Å²) in [6.07, 6.45) is -0.846. The number of sulfonamides is 1. The fourth-order valence-electron chi connectivity index (χ4n) is 3.53. The van der Waals surface area contributed by atoms with Crippen LogP contribution in [-0.4, -0.2) is 67.1 Å². The van der Waals surface area contributed by atoms with Crippen LogP contribution in [0.4, 0.5) is 5.95 Å². The third-order valence-electron chi connectivity index (χ3n) is 5.15. The molecule has 1 saturated heterocycles. The number of anilines is 1. The number of hydrogen-bond donors (Lipinski definition) is 2. The molecule has 0 saturated carbocycles. The molecule has 0 radical (unpaired) electrons. The van der Waals surface area contributed by atoms with Crippen molar-refractivity contribution in [1.82, 2.24) is 14.8 Å². The minimum absolute atomic E-state index is 0.116. The standard InChI is InChI=1S/C20H24N4O7S/c1-12-7-8-16(31-12)19-21-22-20(23-32(26,27)17-11-30-10-9-13(17)25)24(19)18-14(28-2)5-4-6-15(18)29-3/h4-8,13,17,25H,9-11H2,1-3H3,(H,22,23)/t13-,17-/m1/s1. The first-order valence-electron chi connectivity index (χ1n) is 9.86. The highest BCUT2D eigenvalue weighted by molar-refractivity contribution is 7.93. The van der Waals surface area contributed by atoms with Gasteiger partial charge >= 0.3 is 0 Å². The molecule has 2 aromatic heterocycles. The van der Waals surface area contributed by atoms with Crippen molar-refractivity contribution in [3.63, 3.8) is 0 Å². The molecular weight excluding hydrogens is 440 g/mol. The van der Waals surface area contributed by atoms with Crippen molar-refractivity contribution in [3.8, 4) is 28.8 Å². The fourth-order valence-corrected chi connectivity index (χ4v) is 4.89. The molecule has 32 heavy (non-hydrogen) atoms. The highest BCUT2D eigenvalue weighted by atomic mass is 32.2. The Balaban J connectivity index is 1.88. The maximum atomic E-state index is 13.1. The van der Waals surface area contributed by atoms with Gasteiger partial charge in [0.25, 0.3) is 0 Å². The minimum atomic E-state index is -4.08. The summed E-state index contributed by atoms with van der Waals surface area (Å²) in [6, 6.07) is 8.60. The molecule has 3 heterocycles. The Morgan fingerprint density at radius 1 is 1.16 bits per heavy atom. The van der Waals surface area contributed by atoms with Crippen LogP contribution >= 0.6 is 0 Å². The van der Waals surface area contributed by atoms with Gasteiger partial charge in [-0.15, -0.1) is 10.2 Å². The molecule has 0 amide bonds. The molecule has 1 aliphatic rings. The largest absolute Gasteiger partial charge is 0.494 e. The Labute approximate surface area is 185 Å². The summed E-state index contributed by atoms with van der Waals surface area (Å²) in [6.45, 7) is 1.94. The second-order valence-electron chi connectivity index (χ2n) is 7.22. The Hall–Kier alpha value is -3.09. The number of methoxy groups -OCH3 is 2. The van der Waals surface area contributed by atoms with Crippen molar-refractivity contribution < 1.29 is 32.2 Å². The number of aromatic nitrogens is 3. The minimum Gasteiger partial charge on any atom is -0.494 e. The molecule has 1 fully saturated rings. The van der Waals surface area contributed by atoms with Gasteiger partial charge in [-0.05, 0) is 37.6 Å². The monoisotopic (exact) mass is 464 g/mol.